The molecule has 0 amide bonds. The molecule has 1 heterocycles. The van der Waals surface area contributed by atoms with Crippen LogP contribution in [0, 0.1) is 0 Å². The average molecular weight is 535 g/mol. The molecule has 0 aromatic heterocycles. The molecule has 8 heteroatoms. The van der Waals surface area contributed by atoms with Gasteiger partial charge in [0.15, 0.2) is 0 Å². The van der Waals surface area contributed by atoms with Gasteiger partial charge in [-0.25, -0.2) is 0 Å². The molecule has 1 saturated heterocycles. The van der Waals surface area contributed by atoms with Crippen LogP contribution < -0.4 is 4.74 Å². The lowest BCUT2D eigenvalue weighted by Gasteiger charge is -2.40. The first-order chi connectivity index (χ1) is 13.9. The Hall–Kier alpha value is -0.940. The van der Waals surface area contributed by atoms with E-state index < -0.39 is 37.1 Å². The molecule has 1 fully saturated rings. The number of aliphatic hydroxyl groups is 4. The molecule has 0 radical (unpaired) electrons. The van der Waals surface area contributed by atoms with Crippen molar-refractivity contribution >= 4 is 34.2 Å². The first-order valence-corrected chi connectivity index (χ1v) is 11.2. The Morgan fingerprint density at radius 1 is 1.00 bits per heavy atom. The van der Waals surface area contributed by atoms with Gasteiger partial charge in [-0.15, -0.1) is 0 Å². The lowest BCUT2D eigenvalue weighted by Crippen LogP contribution is -2.55. The number of ether oxygens (including phenoxy) is 2. The van der Waals surface area contributed by atoms with Gasteiger partial charge in [-0.2, -0.15) is 0 Å². The summed E-state index contributed by atoms with van der Waals surface area (Å²) in [6.07, 6.45) is -5.39. The molecule has 1 aliphatic rings. The Kier molecular flexibility index (Phi) is 8.15. The smallest absolute Gasteiger partial charge is 0.119 e. The van der Waals surface area contributed by atoms with Gasteiger partial charge in [0.05, 0.1) is 13.2 Å². The highest BCUT2D eigenvalue weighted by Gasteiger charge is 2.43. The molecule has 2 aromatic rings. The topological polar surface area (TPSA) is 99.4 Å². The van der Waals surface area contributed by atoms with Gasteiger partial charge < -0.3 is 29.9 Å². The van der Waals surface area contributed by atoms with Gasteiger partial charge in [0.2, 0.25) is 0 Å². The first-order valence-electron chi connectivity index (χ1n) is 9.31. The zero-order chi connectivity index (χ0) is 21.0. The Morgan fingerprint density at radius 2 is 1.72 bits per heavy atom. The number of rotatable bonds is 7. The Bertz CT molecular complexity index is 800. The van der Waals surface area contributed by atoms with E-state index in [-0.39, 0.29) is 0 Å². The van der Waals surface area contributed by atoms with Gasteiger partial charge in [-0.1, -0.05) is 58.5 Å². The molecule has 0 aliphatic carbocycles. The third-order valence-corrected chi connectivity index (χ3v) is 5.76. The summed E-state index contributed by atoms with van der Waals surface area (Å²) in [6.45, 7) is 0.195. The average Bonchev–Trinajstić information content (AvgIpc) is 2.73. The van der Waals surface area contributed by atoms with E-state index in [2.05, 4.69) is 22.6 Å². The van der Waals surface area contributed by atoms with Crippen molar-refractivity contribution in [3.8, 4) is 5.75 Å². The van der Waals surface area contributed by atoms with Crippen molar-refractivity contribution in [2.24, 2.45) is 0 Å². The highest BCUT2D eigenvalue weighted by Crippen LogP contribution is 2.34. The Balaban J connectivity index is 1.79. The van der Waals surface area contributed by atoms with E-state index in [1.165, 1.54) is 0 Å². The van der Waals surface area contributed by atoms with Crippen LogP contribution >= 0.6 is 34.2 Å². The molecular weight excluding hydrogens is 511 g/mol. The van der Waals surface area contributed by atoms with Crippen LogP contribution in [0.15, 0.2) is 42.5 Å². The maximum Gasteiger partial charge on any atom is 0.119 e. The largest absolute Gasteiger partial charge is 0.493 e. The fourth-order valence-corrected chi connectivity index (χ4v) is 3.77. The molecule has 5 atom stereocenters. The van der Waals surface area contributed by atoms with E-state index in [0.29, 0.717) is 23.6 Å². The highest BCUT2D eigenvalue weighted by molar-refractivity contribution is 14.1. The minimum absolute atomic E-state index is 0.464. The number of aliphatic hydroxyl groups excluding tert-OH is 4. The van der Waals surface area contributed by atoms with E-state index in [4.69, 9.17) is 21.1 Å². The van der Waals surface area contributed by atoms with Crippen molar-refractivity contribution in [3.63, 3.8) is 0 Å². The summed E-state index contributed by atoms with van der Waals surface area (Å²) in [7, 11) is 0. The fourth-order valence-electron chi connectivity index (χ4n) is 3.36. The standard InChI is InChI=1S/C21H24ClIO6/c22-16-6-3-13(21-20(27)19(26)18(25)17(11-24)29-21)10-14(16)9-12-1-4-15(5-2-12)28-8-7-23/h1-6,10,17-21,24-27H,7-9,11H2/t17?,18-,19?,20?,21+/m1/s1. The molecule has 0 spiro atoms. The first kappa shape index (κ1) is 22.7. The van der Waals surface area contributed by atoms with Crippen molar-refractivity contribution < 1.29 is 29.9 Å². The summed E-state index contributed by atoms with van der Waals surface area (Å²) in [4.78, 5) is 0. The van der Waals surface area contributed by atoms with E-state index >= 15 is 0 Å². The lowest BCUT2D eigenvalue weighted by molar-refractivity contribution is -0.231. The molecule has 4 N–H and O–H groups in total. The Morgan fingerprint density at radius 3 is 2.38 bits per heavy atom. The molecule has 1 aliphatic heterocycles. The minimum atomic E-state index is -1.42. The van der Waals surface area contributed by atoms with Crippen molar-refractivity contribution in [2.75, 3.05) is 17.6 Å². The SMILES string of the molecule is OCC1O[C@@H](c2ccc(Cl)c(Cc3ccc(OCCI)cc3)c2)C(O)C(O)[C@@H]1O. The molecule has 2 aromatic carbocycles. The van der Waals surface area contributed by atoms with E-state index in [0.717, 1.165) is 21.3 Å². The number of benzene rings is 2. The van der Waals surface area contributed by atoms with Crippen LogP contribution in [0.25, 0.3) is 0 Å². The second-order valence-corrected chi connectivity index (χ2v) is 8.44. The van der Waals surface area contributed by atoms with Crippen LogP contribution in [0.1, 0.15) is 22.8 Å². The summed E-state index contributed by atoms with van der Waals surface area (Å²) < 4.78 is 12.2. The van der Waals surface area contributed by atoms with Crippen LogP contribution in [0.5, 0.6) is 5.75 Å². The number of hydrogen-bond acceptors (Lipinski definition) is 6. The fraction of sp³-hybridized carbons (Fsp3) is 0.429. The van der Waals surface area contributed by atoms with E-state index in [1.807, 2.05) is 30.3 Å². The van der Waals surface area contributed by atoms with Gasteiger partial charge in [-0.05, 0) is 41.3 Å². The summed E-state index contributed by atoms with van der Waals surface area (Å²) >= 11 is 8.63. The third kappa shape index (κ3) is 5.41. The van der Waals surface area contributed by atoms with Crippen LogP contribution in [0.4, 0.5) is 0 Å². The summed E-state index contributed by atoms with van der Waals surface area (Å²) in [5.74, 6) is 0.812. The molecule has 6 nitrogen and oxygen atoms in total. The van der Waals surface area contributed by atoms with Crippen LogP contribution in [-0.4, -0.2) is 62.5 Å². The van der Waals surface area contributed by atoms with Crippen molar-refractivity contribution in [1.82, 2.24) is 0 Å². The van der Waals surface area contributed by atoms with Gasteiger partial charge in [0, 0.05) is 9.45 Å². The molecule has 158 valence electrons. The lowest BCUT2D eigenvalue weighted by atomic mass is 9.90. The second-order valence-electron chi connectivity index (χ2n) is 6.96. The van der Waals surface area contributed by atoms with Gasteiger partial charge >= 0.3 is 0 Å². The van der Waals surface area contributed by atoms with Crippen molar-refractivity contribution in [2.45, 2.75) is 36.9 Å². The van der Waals surface area contributed by atoms with Gasteiger partial charge in [0.1, 0.15) is 36.3 Å². The molecule has 3 unspecified atom stereocenters. The van der Waals surface area contributed by atoms with E-state index in [9.17, 15) is 20.4 Å². The maximum atomic E-state index is 10.4. The van der Waals surface area contributed by atoms with Crippen LogP contribution in [0.3, 0.4) is 0 Å². The number of hydrogen-bond donors (Lipinski definition) is 4. The minimum Gasteiger partial charge on any atom is -0.493 e. The normalized spacial score (nSPS) is 27.0. The van der Waals surface area contributed by atoms with Crippen LogP contribution in [-0.2, 0) is 11.2 Å². The molecule has 0 bridgehead atoms. The second kappa shape index (κ2) is 10.4. The van der Waals surface area contributed by atoms with Crippen LogP contribution in [0.2, 0.25) is 5.02 Å². The Labute approximate surface area is 188 Å². The zero-order valence-electron chi connectivity index (χ0n) is 15.6. The maximum absolute atomic E-state index is 10.4. The summed E-state index contributed by atoms with van der Waals surface area (Å²) in [5, 5.41) is 40.3. The van der Waals surface area contributed by atoms with E-state index in [1.54, 1.807) is 12.1 Å². The molecule has 29 heavy (non-hydrogen) atoms. The molecular formula is C21H24ClIO6. The summed E-state index contributed by atoms with van der Waals surface area (Å²) in [5.41, 5.74) is 2.49. The predicted octanol–water partition coefficient (Wildman–Crippen LogP) is 2.26. The molecule has 0 saturated carbocycles. The zero-order valence-corrected chi connectivity index (χ0v) is 18.5. The van der Waals surface area contributed by atoms with Gasteiger partial charge in [-0.3, -0.25) is 0 Å². The van der Waals surface area contributed by atoms with Crippen molar-refractivity contribution in [3.05, 3.63) is 64.2 Å². The van der Waals surface area contributed by atoms with Crippen molar-refractivity contribution in [1.29, 1.82) is 0 Å². The third-order valence-electron chi connectivity index (χ3n) is 4.95. The monoisotopic (exact) mass is 534 g/mol. The summed E-state index contributed by atoms with van der Waals surface area (Å²) in [6, 6.07) is 13.0. The quantitative estimate of drug-likeness (QED) is 0.321. The number of alkyl halides is 1. The molecule has 3 rings (SSSR count). The van der Waals surface area contributed by atoms with Gasteiger partial charge in [0.25, 0.3) is 0 Å². The predicted molar refractivity (Wildman–Crippen MR) is 118 cm³/mol. The number of halogens is 2. The highest BCUT2D eigenvalue weighted by atomic mass is 127.